The maximum atomic E-state index is 13.2. The van der Waals surface area contributed by atoms with Gasteiger partial charge in [-0.25, -0.2) is 0 Å². The molecule has 82 valence electrons. The average molecular weight is 226 g/mol. The number of nitro groups is 1. The van der Waals surface area contributed by atoms with Crippen molar-refractivity contribution >= 4 is 5.69 Å². The monoisotopic (exact) mass is 226 g/mol. The Morgan fingerprint density at radius 3 is 2.12 bits per heavy atom. The number of aromatic nitrogens is 3. The Kier molecular flexibility index (Phi) is 2.31. The molecule has 2 rings (SSSR count). The molecule has 0 spiro atoms. The summed E-state index contributed by atoms with van der Waals surface area (Å²) in [6, 6.07) is 1.59. The minimum atomic E-state index is -1.27. The molecule has 16 heavy (non-hydrogen) atoms. The molecule has 0 saturated carbocycles. The van der Waals surface area contributed by atoms with Crippen LogP contribution in [0.3, 0.4) is 0 Å². The zero-order chi connectivity index (χ0) is 11.7. The fourth-order valence-corrected chi connectivity index (χ4v) is 1.19. The van der Waals surface area contributed by atoms with Crippen LogP contribution >= 0.6 is 0 Å². The van der Waals surface area contributed by atoms with Crippen LogP contribution in [0.5, 0.6) is 0 Å². The van der Waals surface area contributed by atoms with Gasteiger partial charge in [0, 0.05) is 12.1 Å². The standard InChI is InChI=1S/C8H4F2N4O2/c9-6-3-5(13-11-1-2-12-13)4-7(10)8(6)14(15)16/h1-4H. The summed E-state index contributed by atoms with van der Waals surface area (Å²) in [4.78, 5) is 10.2. The van der Waals surface area contributed by atoms with Gasteiger partial charge in [-0.1, -0.05) is 0 Å². The number of hydrogen-bond donors (Lipinski definition) is 0. The molecular formula is C8H4F2N4O2. The summed E-state index contributed by atoms with van der Waals surface area (Å²) in [6.07, 6.45) is 2.63. The minimum absolute atomic E-state index is 0.0226. The van der Waals surface area contributed by atoms with Crippen molar-refractivity contribution in [1.82, 2.24) is 15.0 Å². The fourth-order valence-electron chi connectivity index (χ4n) is 1.19. The first-order valence-corrected chi connectivity index (χ1v) is 4.09. The zero-order valence-corrected chi connectivity index (χ0v) is 7.67. The second kappa shape index (κ2) is 3.65. The van der Waals surface area contributed by atoms with Crippen LogP contribution in [-0.4, -0.2) is 19.9 Å². The van der Waals surface area contributed by atoms with Crippen molar-refractivity contribution < 1.29 is 13.7 Å². The smallest absolute Gasteiger partial charge is 0.258 e. The van der Waals surface area contributed by atoms with E-state index in [4.69, 9.17) is 0 Å². The molecular weight excluding hydrogens is 222 g/mol. The molecule has 0 radical (unpaired) electrons. The van der Waals surface area contributed by atoms with Gasteiger partial charge in [0.2, 0.25) is 11.6 Å². The molecule has 0 aliphatic rings. The molecule has 0 bridgehead atoms. The average Bonchev–Trinajstić information content (AvgIpc) is 2.67. The van der Waals surface area contributed by atoms with Crippen LogP contribution in [0.2, 0.25) is 0 Å². The van der Waals surface area contributed by atoms with Crippen LogP contribution in [0.25, 0.3) is 5.69 Å². The normalized spacial score (nSPS) is 10.4. The molecule has 0 unspecified atom stereocenters. The number of rotatable bonds is 2. The third kappa shape index (κ3) is 1.60. The van der Waals surface area contributed by atoms with Crippen LogP contribution in [0.1, 0.15) is 0 Å². The molecule has 0 atom stereocenters. The van der Waals surface area contributed by atoms with Gasteiger partial charge in [0.05, 0.1) is 23.0 Å². The van der Waals surface area contributed by atoms with E-state index >= 15 is 0 Å². The second-order valence-corrected chi connectivity index (χ2v) is 2.83. The van der Waals surface area contributed by atoms with Gasteiger partial charge in [0.25, 0.3) is 0 Å². The molecule has 0 fully saturated rings. The summed E-state index contributed by atoms with van der Waals surface area (Å²) in [5.74, 6) is -2.53. The highest BCUT2D eigenvalue weighted by Crippen LogP contribution is 2.23. The van der Waals surface area contributed by atoms with Crippen molar-refractivity contribution in [3.05, 3.63) is 46.3 Å². The summed E-state index contributed by atoms with van der Waals surface area (Å²) in [7, 11) is 0. The van der Waals surface area contributed by atoms with Crippen LogP contribution in [-0.2, 0) is 0 Å². The van der Waals surface area contributed by atoms with Crippen molar-refractivity contribution in [2.45, 2.75) is 0 Å². The van der Waals surface area contributed by atoms with Gasteiger partial charge in [0.15, 0.2) is 0 Å². The van der Waals surface area contributed by atoms with Crippen molar-refractivity contribution in [2.75, 3.05) is 0 Å². The van der Waals surface area contributed by atoms with E-state index in [1.54, 1.807) is 0 Å². The zero-order valence-electron chi connectivity index (χ0n) is 7.67. The van der Waals surface area contributed by atoms with Gasteiger partial charge >= 0.3 is 5.69 Å². The number of halogens is 2. The summed E-state index contributed by atoms with van der Waals surface area (Å²) in [5, 5.41) is 17.6. The number of nitrogens with zero attached hydrogens (tertiary/aromatic N) is 4. The Hall–Kier alpha value is -2.38. The Labute approximate surface area is 87.3 Å². The van der Waals surface area contributed by atoms with Crippen LogP contribution in [0, 0.1) is 21.7 Å². The third-order valence-corrected chi connectivity index (χ3v) is 1.83. The van der Waals surface area contributed by atoms with Crippen molar-refractivity contribution in [2.24, 2.45) is 0 Å². The quantitative estimate of drug-likeness (QED) is 0.573. The Balaban J connectivity index is 2.58. The lowest BCUT2D eigenvalue weighted by molar-refractivity contribution is -0.390. The second-order valence-electron chi connectivity index (χ2n) is 2.83. The number of hydrogen-bond acceptors (Lipinski definition) is 4. The highest BCUT2D eigenvalue weighted by atomic mass is 19.1. The molecule has 0 N–H and O–H groups in total. The van der Waals surface area contributed by atoms with Crippen LogP contribution in [0.4, 0.5) is 14.5 Å². The van der Waals surface area contributed by atoms with Gasteiger partial charge < -0.3 is 0 Å². The van der Waals surface area contributed by atoms with Crippen molar-refractivity contribution in [3.8, 4) is 5.69 Å². The first kappa shape index (κ1) is 10.1. The lowest BCUT2D eigenvalue weighted by atomic mass is 10.2. The van der Waals surface area contributed by atoms with Gasteiger partial charge in [-0.15, -0.1) is 0 Å². The Bertz CT molecular complexity index is 518. The van der Waals surface area contributed by atoms with E-state index in [0.29, 0.717) is 0 Å². The first-order chi connectivity index (χ1) is 7.59. The van der Waals surface area contributed by atoms with Crippen molar-refractivity contribution in [1.29, 1.82) is 0 Å². The van der Waals surface area contributed by atoms with Gasteiger partial charge in [0.1, 0.15) is 0 Å². The largest absolute Gasteiger partial charge is 0.340 e. The van der Waals surface area contributed by atoms with E-state index in [1.165, 1.54) is 12.4 Å². The van der Waals surface area contributed by atoms with Gasteiger partial charge in [-0.2, -0.15) is 23.8 Å². The van der Waals surface area contributed by atoms with E-state index in [0.717, 1.165) is 16.9 Å². The first-order valence-electron chi connectivity index (χ1n) is 4.09. The summed E-state index contributed by atoms with van der Waals surface area (Å²) < 4.78 is 26.4. The minimum Gasteiger partial charge on any atom is -0.258 e. The predicted octanol–water partition coefficient (Wildman–Crippen LogP) is 1.45. The number of nitro benzene ring substituents is 1. The highest BCUT2D eigenvalue weighted by Gasteiger charge is 2.22. The summed E-state index contributed by atoms with van der Waals surface area (Å²) in [6.45, 7) is 0. The lowest BCUT2D eigenvalue weighted by Crippen LogP contribution is -2.03. The molecule has 1 heterocycles. The molecule has 1 aromatic carbocycles. The molecule has 0 saturated heterocycles. The van der Waals surface area contributed by atoms with Crippen LogP contribution in [0.15, 0.2) is 24.5 Å². The Morgan fingerprint density at radius 1 is 1.19 bits per heavy atom. The molecule has 0 amide bonds. The van der Waals surface area contributed by atoms with E-state index in [2.05, 4.69) is 10.2 Å². The third-order valence-electron chi connectivity index (χ3n) is 1.83. The van der Waals surface area contributed by atoms with Crippen molar-refractivity contribution in [3.63, 3.8) is 0 Å². The summed E-state index contributed by atoms with van der Waals surface area (Å²) in [5.41, 5.74) is -1.21. The fraction of sp³-hybridized carbons (Fsp3) is 0. The molecule has 8 heteroatoms. The van der Waals surface area contributed by atoms with Gasteiger partial charge in [-0.05, 0) is 0 Å². The molecule has 1 aromatic heterocycles. The van der Waals surface area contributed by atoms with E-state index in [-0.39, 0.29) is 5.69 Å². The topological polar surface area (TPSA) is 73.8 Å². The SMILES string of the molecule is O=[N+]([O-])c1c(F)cc(-n2nccn2)cc1F. The molecule has 2 aromatic rings. The summed E-state index contributed by atoms with van der Waals surface area (Å²) >= 11 is 0. The lowest BCUT2D eigenvalue weighted by Gasteiger charge is -2.01. The maximum absolute atomic E-state index is 13.2. The predicted molar refractivity (Wildman–Crippen MR) is 47.9 cm³/mol. The van der Waals surface area contributed by atoms with E-state index in [9.17, 15) is 18.9 Å². The highest BCUT2D eigenvalue weighted by molar-refractivity contribution is 5.42. The molecule has 0 aliphatic heterocycles. The van der Waals surface area contributed by atoms with Gasteiger partial charge in [-0.3, -0.25) is 10.1 Å². The van der Waals surface area contributed by atoms with E-state index in [1.807, 2.05) is 0 Å². The molecule has 6 nitrogen and oxygen atoms in total. The number of benzene rings is 1. The van der Waals surface area contributed by atoms with E-state index < -0.39 is 22.2 Å². The Morgan fingerprint density at radius 2 is 1.69 bits per heavy atom. The molecule has 0 aliphatic carbocycles. The maximum Gasteiger partial charge on any atom is 0.340 e. The van der Waals surface area contributed by atoms with Crippen LogP contribution < -0.4 is 0 Å².